The molecule has 8 nitrogen and oxygen atoms in total. The molecule has 4 atom stereocenters. The summed E-state index contributed by atoms with van der Waals surface area (Å²) >= 11 is 0. The van der Waals surface area contributed by atoms with Gasteiger partial charge in [0.15, 0.2) is 11.5 Å². The van der Waals surface area contributed by atoms with Gasteiger partial charge in [0, 0.05) is 37.9 Å². The first-order valence-electron chi connectivity index (χ1n) is 13.0. The number of methoxy groups -OCH3 is 1. The number of benzene rings is 1. The van der Waals surface area contributed by atoms with E-state index in [1.807, 2.05) is 28.8 Å². The Labute approximate surface area is 205 Å². The second-order valence-electron chi connectivity index (χ2n) is 11.3. The fraction of sp³-hybridized carbons (Fsp3) is 0.630. The maximum Gasteiger partial charge on any atom is 0.228 e. The van der Waals surface area contributed by atoms with E-state index in [9.17, 15) is 9.90 Å². The summed E-state index contributed by atoms with van der Waals surface area (Å²) in [6, 6.07) is 4.22. The van der Waals surface area contributed by atoms with Crippen LogP contribution in [0.5, 0.6) is 11.5 Å². The summed E-state index contributed by atoms with van der Waals surface area (Å²) in [5.41, 5.74) is 1.72. The molecule has 1 aromatic heterocycles. The van der Waals surface area contributed by atoms with Crippen LogP contribution in [0.2, 0.25) is 0 Å². The molecule has 7 rings (SSSR count). The molecule has 1 N–H and O–H groups in total. The van der Waals surface area contributed by atoms with Gasteiger partial charge in [-0.3, -0.25) is 9.69 Å². The average molecular weight is 479 g/mol. The van der Waals surface area contributed by atoms with Gasteiger partial charge >= 0.3 is 0 Å². The average Bonchev–Trinajstić information content (AvgIpc) is 3.50. The van der Waals surface area contributed by atoms with Crippen LogP contribution >= 0.6 is 0 Å². The van der Waals surface area contributed by atoms with E-state index in [-0.39, 0.29) is 24.5 Å². The van der Waals surface area contributed by atoms with Gasteiger partial charge in [0.05, 0.1) is 43.1 Å². The van der Waals surface area contributed by atoms with Gasteiger partial charge in [0.2, 0.25) is 5.91 Å². The lowest BCUT2D eigenvalue weighted by Crippen LogP contribution is -2.74. The van der Waals surface area contributed by atoms with Crippen molar-refractivity contribution < 1.29 is 19.4 Å². The van der Waals surface area contributed by atoms with Crippen molar-refractivity contribution in [1.82, 2.24) is 19.4 Å². The van der Waals surface area contributed by atoms with Crippen LogP contribution in [0, 0.1) is 5.92 Å². The van der Waals surface area contributed by atoms with Crippen LogP contribution in [-0.4, -0.2) is 81.4 Å². The van der Waals surface area contributed by atoms with Crippen molar-refractivity contribution >= 4 is 5.91 Å². The molecule has 1 aromatic carbocycles. The van der Waals surface area contributed by atoms with Crippen LogP contribution in [0.1, 0.15) is 42.5 Å². The number of nitrogens with zero attached hydrogens (tertiary/aromatic N) is 4. The highest BCUT2D eigenvalue weighted by atomic mass is 16.5. The smallest absolute Gasteiger partial charge is 0.228 e. The Balaban J connectivity index is 1.30. The minimum atomic E-state index is -0.949. The maximum atomic E-state index is 13.4. The first-order chi connectivity index (χ1) is 16.9. The van der Waals surface area contributed by atoms with E-state index in [1.165, 1.54) is 18.4 Å². The number of ether oxygens (including phenoxy) is 2. The molecule has 3 fully saturated rings. The Bertz CT molecular complexity index is 1190. The largest absolute Gasteiger partial charge is 0.493 e. The number of carbonyl (C=O) groups is 1. The number of likely N-dealkylation sites (tertiary alicyclic amines) is 2. The highest BCUT2D eigenvalue weighted by molar-refractivity contribution is 5.78. The number of imidazole rings is 1. The molecule has 4 heterocycles. The first-order valence-corrected chi connectivity index (χ1v) is 13.0. The number of rotatable bonds is 5. The number of hydrogen-bond donors (Lipinski definition) is 1. The minimum Gasteiger partial charge on any atom is -0.493 e. The van der Waals surface area contributed by atoms with Crippen molar-refractivity contribution in [3.05, 3.63) is 41.5 Å². The Kier molecular flexibility index (Phi) is 4.62. The second-order valence-corrected chi connectivity index (χ2v) is 11.3. The molecule has 8 heteroatoms. The predicted molar refractivity (Wildman–Crippen MR) is 129 cm³/mol. The molecule has 0 radical (unpaired) electrons. The van der Waals surface area contributed by atoms with Crippen LogP contribution in [-0.2, 0) is 30.1 Å². The molecule has 186 valence electrons. The first kappa shape index (κ1) is 21.7. The van der Waals surface area contributed by atoms with Crippen LogP contribution < -0.4 is 9.47 Å². The molecule has 2 aliphatic carbocycles. The van der Waals surface area contributed by atoms with Gasteiger partial charge in [0.25, 0.3) is 0 Å². The molecule has 5 aliphatic rings. The van der Waals surface area contributed by atoms with Crippen molar-refractivity contribution in [1.29, 1.82) is 0 Å². The Morgan fingerprint density at radius 2 is 2.14 bits per heavy atom. The van der Waals surface area contributed by atoms with E-state index in [0.717, 1.165) is 54.6 Å². The third-order valence-corrected chi connectivity index (χ3v) is 9.44. The standard InChI is InChI=1S/C27H34N4O4/c1-29-14-19(28-16-29)12-23(32)31-10-8-27(33)21-11-18-5-6-20(34-2)25-24(18)26(27,22(15-31)35-25)7-9-30(21)13-17-3-4-17/h5-6,14,16-17,21-22,33H,3-4,7-13,15H2,1-2H3/t21-,22+,26-,27-/m1/s1. The van der Waals surface area contributed by atoms with Crippen molar-refractivity contribution in [2.75, 3.05) is 33.3 Å². The molecule has 0 unspecified atom stereocenters. The predicted octanol–water partition coefficient (Wildman–Crippen LogP) is 1.67. The van der Waals surface area contributed by atoms with E-state index in [1.54, 1.807) is 13.4 Å². The number of hydrogen-bond acceptors (Lipinski definition) is 6. The highest BCUT2D eigenvalue weighted by Gasteiger charge is 2.71. The van der Waals surface area contributed by atoms with E-state index in [4.69, 9.17) is 9.47 Å². The fourth-order valence-corrected chi connectivity index (χ4v) is 7.61. The molecule has 1 saturated carbocycles. The Morgan fingerprint density at radius 1 is 1.29 bits per heavy atom. The lowest BCUT2D eigenvalue weighted by atomic mass is 9.52. The molecule has 2 aromatic rings. The molecule has 3 aliphatic heterocycles. The van der Waals surface area contributed by atoms with Crippen LogP contribution in [0.25, 0.3) is 0 Å². The summed E-state index contributed by atoms with van der Waals surface area (Å²) in [5, 5.41) is 12.7. The molecule has 1 amide bonds. The molecule has 2 bridgehead atoms. The fourth-order valence-electron chi connectivity index (χ4n) is 7.61. The lowest BCUT2D eigenvalue weighted by molar-refractivity contribution is -0.162. The van der Waals surface area contributed by atoms with Crippen molar-refractivity contribution in [2.24, 2.45) is 13.0 Å². The summed E-state index contributed by atoms with van der Waals surface area (Å²) in [7, 11) is 3.58. The van der Waals surface area contributed by atoms with Gasteiger partial charge in [-0.05, 0) is 56.2 Å². The topological polar surface area (TPSA) is 80.1 Å². The lowest BCUT2D eigenvalue weighted by Gasteiger charge is -2.60. The van der Waals surface area contributed by atoms with E-state index in [2.05, 4.69) is 16.0 Å². The zero-order valence-electron chi connectivity index (χ0n) is 20.6. The summed E-state index contributed by atoms with van der Waals surface area (Å²) in [6.07, 6.45) is 8.40. The van der Waals surface area contributed by atoms with Crippen LogP contribution in [0.3, 0.4) is 0 Å². The normalized spacial score (nSPS) is 33.2. The van der Waals surface area contributed by atoms with Crippen molar-refractivity contribution in [2.45, 2.75) is 61.7 Å². The van der Waals surface area contributed by atoms with E-state index < -0.39 is 11.0 Å². The quantitative estimate of drug-likeness (QED) is 0.705. The summed E-state index contributed by atoms with van der Waals surface area (Å²) in [6.45, 7) is 3.03. The SMILES string of the molecule is COc1ccc2c3c1O[C@H]1CN(C(=O)Cc4cn(C)cn4)CC[C@@]4(O)[C@@H](C2)N(CC2CC2)CC[C@]314. The number of aliphatic hydroxyl groups is 1. The Hall–Kier alpha value is -2.58. The molecular weight excluding hydrogens is 444 g/mol. The molecule has 1 spiro atoms. The van der Waals surface area contributed by atoms with Crippen LogP contribution in [0.15, 0.2) is 24.7 Å². The van der Waals surface area contributed by atoms with Gasteiger partial charge in [-0.25, -0.2) is 4.98 Å². The second kappa shape index (κ2) is 7.46. The Morgan fingerprint density at radius 3 is 2.89 bits per heavy atom. The summed E-state index contributed by atoms with van der Waals surface area (Å²) < 4.78 is 14.3. The molecular formula is C27H34N4O4. The number of piperidine rings is 1. The zero-order valence-corrected chi connectivity index (χ0v) is 20.6. The number of carbonyl (C=O) groups excluding carboxylic acids is 1. The van der Waals surface area contributed by atoms with Crippen LogP contribution in [0.4, 0.5) is 0 Å². The number of aryl methyl sites for hydroxylation is 1. The molecule has 35 heavy (non-hydrogen) atoms. The van der Waals surface area contributed by atoms with Gasteiger partial charge in [0.1, 0.15) is 6.10 Å². The van der Waals surface area contributed by atoms with Gasteiger partial charge < -0.3 is 24.0 Å². The van der Waals surface area contributed by atoms with E-state index >= 15 is 0 Å². The maximum absolute atomic E-state index is 13.4. The van der Waals surface area contributed by atoms with Gasteiger partial charge in [-0.1, -0.05) is 6.07 Å². The van der Waals surface area contributed by atoms with Crippen molar-refractivity contribution in [3.8, 4) is 11.5 Å². The number of amides is 1. The van der Waals surface area contributed by atoms with E-state index in [0.29, 0.717) is 19.5 Å². The highest BCUT2D eigenvalue weighted by Crippen LogP contribution is 2.63. The zero-order chi connectivity index (χ0) is 23.9. The van der Waals surface area contributed by atoms with Gasteiger partial charge in [-0.15, -0.1) is 0 Å². The third kappa shape index (κ3) is 2.99. The third-order valence-electron chi connectivity index (χ3n) is 9.44. The number of aromatic nitrogens is 2. The molecule has 2 saturated heterocycles. The minimum absolute atomic E-state index is 0.0403. The monoisotopic (exact) mass is 478 g/mol. The summed E-state index contributed by atoms with van der Waals surface area (Å²) in [5.74, 6) is 2.30. The summed E-state index contributed by atoms with van der Waals surface area (Å²) in [4.78, 5) is 22.3. The van der Waals surface area contributed by atoms with Crippen molar-refractivity contribution in [3.63, 3.8) is 0 Å². The van der Waals surface area contributed by atoms with Gasteiger partial charge in [-0.2, -0.15) is 0 Å².